The van der Waals surface area contributed by atoms with Crippen molar-refractivity contribution in [1.82, 2.24) is 19.3 Å². The predicted octanol–water partition coefficient (Wildman–Crippen LogP) is 7.32. The molecule has 6 aromatic rings. The van der Waals surface area contributed by atoms with E-state index < -0.39 is 6.16 Å². The van der Waals surface area contributed by atoms with E-state index in [1.807, 2.05) is 78.7 Å². The van der Waals surface area contributed by atoms with Gasteiger partial charge in [0, 0.05) is 52.6 Å². The molecule has 0 spiro atoms. The van der Waals surface area contributed by atoms with Crippen LogP contribution in [0.2, 0.25) is 0 Å². The van der Waals surface area contributed by atoms with Gasteiger partial charge in [-0.3, -0.25) is 9.67 Å². The molecule has 3 aromatic heterocycles. The van der Waals surface area contributed by atoms with Gasteiger partial charge in [0.15, 0.2) is 0 Å². The minimum Gasteiger partial charge on any atom is -0.493 e. The molecule has 0 aliphatic carbocycles. The Kier molecular flexibility index (Phi) is 7.35. The van der Waals surface area contributed by atoms with Crippen molar-refractivity contribution < 1.29 is 19.4 Å². The Labute approximate surface area is 243 Å². The van der Waals surface area contributed by atoms with Gasteiger partial charge < -0.3 is 19.1 Å². The van der Waals surface area contributed by atoms with E-state index in [2.05, 4.69) is 34.3 Å². The highest BCUT2D eigenvalue weighted by Gasteiger charge is 2.25. The monoisotopic (exact) mass is 560 g/mol. The second-order valence-corrected chi connectivity index (χ2v) is 10.4. The highest BCUT2D eigenvalue weighted by Crippen LogP contribution is 2.41. The van der Waals surface area contributed by atoms with Crippen LogP contribution in [0.5, 0.6) is 11.6 Å². The van der Waals surface area contributed by atoms with Gasteiger partial charge >= 0.3 is 6.16 Å². The molecule has 0 aliphatic rings. The summed E-state index contributed by atoms with van der Waals surface area (Å²) in [6, 6.07) is 24.1. The summed E-state index contributed by atoms with van der Waals surface area (Å²) >= 11 is 0. The maximum atomic E-state index is 12.0. The Morgan fingerprint density at radius 3 is 2.50 bits per heavy atom. The molecule has 0 bridgehead atoms. The summed E-state index contributed by atoms with van der Waals surface area (Å²) in [5.74, 6) is 1.15. The number of carboxylic acid groups (broad SMARTS) is 1. The van der Waals surface area contributed by atoms with Crippen molar-refractivity contribution in [3.63, 3.8) is 0 Å². The predicted molar refractivity (Wildman–Crippen MR) is 163 cm³/mol. The zero-order chi connectivity index (χ0) is 29.2. The lowest BCUT2D eigenvalue weighted by Crippen LogP contribution is -2.11. The third-order valence-corrected chi connectivity index (χ3v) is 7.74. The Bertz CT molecular complexity index is 1900. The van der Waals surface area contributed by atoms with Gasteiger partial charge in [0.2, 0.25) is 5.88 Å². The molecule has 42 heavy (non-hydrogen) atoms. The van der Waals surface area contributed by atoms with Gasteiger partial charge in [0.25, 0.3) is 0 Å². The zero-order valence-electron chi connectivity index (χ0n) is 23.9. The van der Waals surface area contributed by atoms with Gasteiger partial charge in [-0.05, 0) is 49.8 Å². The van der Waals surface area contributed by atoms with Gasteiger partial charge in [0.05, 0.1) is 24.4 Å². The van der Waals surface area contributed by atoms with Crippen LogP contribution in [0.4, 0.5) is 4.79 Å². The van der Waals surface area contributed by atoms with Crippen molar-refractivity contribution in [2.75, 3.05) is 6.61 Å². The minimum absolute atomic E-state index is 0.318. The molecule has 1 N–H and O–H groups in total. The second kappa shape index (κ2) is 11.4. The number of carbonyl (C=O) groups is 1. The minimum atomic E-state index is -1.35. The summed E-state index contributed by atoms with van der Waals surface area (Å²) in [6.45, 7) is 4.91. The van der Waals surface area contributed by atoms with Crippen LogP contribution in [0.15, 0.2) is 85.2 Å². The molecule has 0 atom stereocenters. The van der Waals surface area contributed by atoms with Gasteiger partial charge in [0.1, 0.15) is 5.75 Å². The van der Waals surface area contributed by atoms with Gasteiger partial charge in [-0.1, -0.05) is 60.7 Å². The van der Waals surface area contributed by atoms with Crippen molar-refractivity contribution in [3.05, 3.63) is 108 Å². The first-order valence-corrected chi connectivity index (χ1v) is 14.0. The van der Waals surface area contributed by atoms with Crippen LogP contribution in [0.3, 0.4) is 0 Å². The number of pyridine rings is 1. The number of fused-ring (bicyclic) bond motifs is 2. The third kappa shape index (κ3) is 5.07. The van der Waals surface area contributed by atoms with Gasteiger partial charge in [-0.15, -0.1) is 0 Å². The molecule has 3 aromatic carbocycles. The average molecular weight is 561 g/mol. The van der Waals surface area contributed by atoms with Crippen LogP contribution in [-0.4, -0.2) is 37.2 Å². The first kappa shape index (κ1) is 27.1. The molecular weight excluding hydrogens is 528 g/mol. The number of para-hydroxylation sites is 1. The lowest BCUT2D eigenvalue weighted by molar-refractivity contribution is 0.140. The van der Waals surface area contributed by atoms with Crippen LogP contribution in [0, 0.1) is 13.8 Å². The topological polar surface area (TPSA) is 91.4 Å². The van der Waals surface area contributed by atoms with Crippen molar-refractivity contribution in [2.45, 2.75) is 33.2 Å². The first-order chi connectivity index (χ1) is 20.4. The quantitative estimate of drug-likeness (QED) is 0.147. The number of hydrogen-bond acceptors (Lipinski definition) is 5. The Morgan fingerprint density at radius 1 is 0.952 bits per heavy atom. The summed E-state index contributed by atoms with van der Waals surface area (Å²) in [7, 11) is 1.93. The molecule has 0 amide bonds. The summed E-state index contributed by atoms with van der Waals surface area (Å²) in [6.07, 6.45) is 3.39. The smallest absolute Gasteiger partial charge is 0.493 e. The maximum absolute atomic E-state index is 12.0. The molecule has 8 nitrogen and oxygen atoms in total. The number of aryl methyl sites for hydroxylation is 3. The van der Waals surface area contributed by atoms with Crippen LogP contribution in [0.25, 0.3) is 32.8 Å². The lowest BCUT2D eigenvalue weighted by atomic mass is 9.99. The van der Waals surface area contributed by atoms with Crippen LogP contribution in [0.1, 0.15) is 28.9 Å². The zero-order valence-corrected chi connectivity index (χ0v) is 23.9. The SMILES string of the molecule is Cc1nn(C)c(C)c1-c1cccc2c(CCCOc3cccc4ccccc34)c(OC(=O)O)n(Cc3cccnc3)c12. The van der Waals surface area contributed by atoms with Crippen molar-refractivity contribution in [3.8, 4) is 22.8 Å². The summed E-state index contributed by atoms with van der Waals surface area (Å²) in [4.78, 5) is 16.3. The molecular formula is C34H32N4O4. The molecule has 3 heterocycles. The van der Waals surface area contributed by atoms with Gasteiger partial charge in [-0.25, -0.2) is 4.79 Å². The molecule has 212 valence electrons. The standard InChI is InChI=1S/C34H32N4O4/c1-22-31(23(2)37(3)36-22)29-15-7-14-27-28(16-9-19-41-30-17-6-12-25-11-4-5-13-26(25)30)33(42-34(39)40)38(32(27)29)21-24-10-8-18-35-20-24/h4-8,10-15,17-18,20H,9,16,19,21H2,1-3H3,(H,39,40). The molecule has 0 radical (unpaired) electrons. The van der Waals surface area contributed by atoms with E-state index in [9.17, 15) is 9.90 Å². The average Bonchev–Trinajstić information content (AvgIpc) is 3.42. The Morgan fingerprint density at radius 2 is 1.74 bits per heavy atom. The number of hydrogen-bond donors (Lipinski definition) is 1. The number of rotatable bonds is 9. The van der Waals surface area contributed by atoms with Gasteiger partial charge in [-0.2, -0.15) is 5.10 Å². The third-order valence-electron chi connectivity index (χ3n) is 7.74. The number of benzene rings is 3. The van der Waals surface area contributed by atoms with Crippen molar-refractivity contribution in [1.29, 1.82) is 0 Å². The molecule has 6 rings (SSSR count). The van der Waals surface area contributed by atoms with Crippen LogP contribution >= 0.6 is 0 Å². The highest BCUT2D eigenvalue weighted by molar-refractivity contribution is 5.99. The molecule has 0 saturated carbocycles. The van der Waals surface area contributed by atoms with E-state index in [-0.39, 0.29) is 0 Å². The molecule has 0 unspecified atom stereocenters. The highest BCUT2D eigenvalue weighted by atomic mass is 16.7. The Hall–Kier alpha value is -5.11. The van der Waals surface area contributed by atoms with Crippen molar-refractivity contribution >= 4 is 27.8 Å². The first-order valence-electron chi connectivity index (χ1n) is 14.0. The van der Waals surface area contributed by atoms with Crippen molar-refractivity contribution in [2.24, 2.45) is 7.05 Å². The van der Waals surface area contributed by atoms with E-state index in [4.69, 9.17) is 9.47 Å². The van der Waals surface area contributed by atoms with E-state index in [0.717, 1.165) is 61.1 Å². The van der Waals surface area contributed by atoms with E-state index in [0.29, 0.717) is 31.9 Å². The number of ether oxygens (including phenoxy) is 2. The van der Waals surface area contributed by atoms with E-state index >= 15 is 0 Å². The normalized spacial score (nSPS) is 11.3. The lowest BCUT2D eigenvalue weighted by Gasteiger charge is -2.13. The maximum Gasteiger partial charge on any atom is 0.512 e. The fourth-order valence-electron chi connectivity index (χ4n) is 5.84. The Balaban J connectivity index is 1.43. The number of nitrogens with zero attached hydrogens (tertiary/aromatic N) is 4. The van der Waals surface area contributed by atoms with E-state index in [1.165, 1.54) is 0 Å². The fourth-order valence-corrected chi connectivity index (χ4v) is 5.84. The summed E-state index contributed by atoms with van der Waals surface area (Å²) < 4.78 is 15.6. The largest absolute Gasteiger partial charge is 0.512 e. The fraction of sp³-hybridized carbons (Fsp3) is 0.206. The molecule has 0 aliphatic heterocycles. The molecule has 0 saturated heterocycles. The molecule has 0 fully saturated rings. The summed E-state index contributed by atoms with van der Waals surface area (Å²) in [5, 5.41) is 17.6. The van der Waals surface area contributed by atoms with Crippen LogP contribution < -0.4 is 9.47 Å². The number of aromatic nitrogens is 4. The summed E-state index contributed by atoms with van der Waals surface area (Å²) in [5.41, 5.74) is 6.61. The van der Waals surface area contributed by atoms with Crippen LogP contribution in [-0.2, 0) is 20.0 Å². The van der Waals surface area contributed by atoms with E-state index in [1.54, 1.807) is 12.4 Å². The second-order valence-electron chi connectivity index (χ2n) is 10.4. The molecule has 8 heteroatoms.